The van der Waals surface area contributed by atoms with Crippen molar-refractivity contribution in [2.75, 3.05) is 0 Å². The third-order valence-electron chi connectivity index (χ3n) is 4.39. The highest BCUT2D eigenvalue weighted by Gasteiger charge is 2.32. The molecule has 0 radical (unpaired) electrons. The number of hydrogen-bond acceptors (Lipinski definition) is 3. The standard InChI is InChI=1S/C19H24N2O2/c1-3-14-10-16(4-2)18(17(11-14)12-20)21-19(22)23-13-15-8-6-5-7-9-15/h5-10,14,17-18H,3-4,11,13H2,1-2H3,(H,21,22)/t14-,17+,18+/m0/s1. The van der Waals surface area contributed by atoms with E-state index >= 15 is 0 Å². The summed E-state index contributed by atoms with van der Waals surface area (Å²) in [5.74, 6) is 0.233. The van der Waals surface area contributed by atoms with Crippen molar-refractivity contribution in [3.63, 3.8) is 0 Å². The number of nitriles is 1. The van der Waals surface area contributed by atoms with Crippen LogP contribution >= 0.6 is 0 Å². The minimum atomic E-state index is -0.464. The van der Waals surface area contributed by atoms with Crippen molar-refractivity contribution in [1.82, 2.24) is 5.32 Å². The van der Waals surface area contributed by atoms with E-state index in [-0.39, 0.29) is 18.6 Å². The zero-order valence-corrected chi connectivity index (χ0v) is 13.8. The van der Waals surface area contributed by atoms with Gasteiger partial charge in [-0.15, -0.1) is 0 Å². The van der Waals surface area contributed by atoms with Crippen LogP contribution in [0.3, 0.4) is 0 Å². The van der Waals surface area contributed by atoms with Gasteiger partial charge in [-0.25, -0.2) is 4.79 Å². The number of allylic oxidation sites excluding steroid dienone is 1. The van der Waals surface area contributed by atoms with Gasteiger partial charge in [0.1, 0.15) is 6.61 Å². The molecule has 4 nitrogen and oxygen atoms in total. The molecule has 4 heteroatoms. The molecule has 0 saturated heterocycles. The highest BCUT2D eigenvalue weighted by molar-refractivity contribution is 5.68. The van der Waals surface area contributed by atoms with E-state index in [0.29, 0.717) is 5.92 Å². The maximum atomic E-state index is 12.1. The van der Waals surface area contributed by atoms with Crippen molar-refractivity contribution in [2.24, 2.45) is 11.8 Å². The van der Waals surface area contributed by atoms with Crippen molar-refractivity contribution < 1.29 is 9.53 Å². The van der Waals surface area contributed by atoms with E-state index in [1.54, 1.807) is 0 Å². The van der Waals surface area contributed by atoms with Gasteiger partial charge in [-0.1, -0.05) is 55.8 Å². The molecule has 0 aromatic heterocycles. The summed E-state index contributed by atoms with van der Waals surface area (Å²) >= 11 is 0. The van der Waals surface area contributed by atoms with Gasteiger partial charge in [0.2, 0.25) is 0 Å². The normalized spacial score (nSPS) is 23.5. The number of alkyl carbamates (subject to hydrolysis) is 1. The predicted molar refractivity (Wildman–Crippen MR) is 89.4 cm³/mol. The molecule has 0 fully saturated rings. The molecule has 23 heavy (non-hydrogen) atoms. The SMILES string of the molecule is CCC1=C[C@H](CC)C[C@H](C#N)[C@@H]1NC(=O)OCc1ccccc1. The van der Waals surface area contributed by atoms with Crippen molar-refractivity contribution in [2.45, 2.75) is 45.8 Å². The van der Waals surface area contributed by atoms with Crippen LogP contribution in [0.15, 0.2) is 42.0 Å². The van der Waals surface area contributed by atoms with E-state index in [9.17, 15) is 10.1 Å². The first-order chi connectivity index (χ1) is 11.2. The van der Waals surface area contributed by atoms with Crippen molar-refractivity contribution in [3.8, 4) is 6.07 Å². The number of benzene rings is 1. The van der Waals surface area contributed by atoms with Gasteiger partial charge in [0.25, 0.3) is 0 Å². The number of nitrogens with one attached hydrogen (secondary N) is 1. The average Bonchev–Trinajstić information content (AvgIpc) is 2.60. The summed E-state index contributed by atoms with van der Waals surface area (Å²) in [4.78, 5) is 12.1. The van der Waals surface area contributed by atoms with Gasteiger partial charge < -0.3 is 10.1 Å². The summed E-state index contributed by atoms with van der Waals surface area (Å²) in [6.45, 7) is 4.42. The summed E-state index contributed by atoms with van der Waals surface area (Å²) < 4.78 is 5.28. The number of amides is 1. The fourth-order valence-electron chi connectivity index (χ4n) is 3.03. The lowest BCUT2D eigenvalue weighted by atomic mass is 9.77. The molecule has 2 rings (SSSR count). The minimum absolute atomic E-state index is 0.191. The zero-order valence-electron chi connectivity index (χ0n) is 13.8. The van der Waals surface area contributed by atoms with E-state index in [1.807, 2.05) is 30.3 Å². The molecular weight excluding hydrogens is 288 g/mol. The van der Waals surface area contributed by atoms with Crippen molar-refractivity contribution >= 4 is 6.09 Å². The molecule has 1 aliphatic rings. The molecule has 1 N–H and O–H groups in total. The lowest BCUT2D eigenvalue weighted by Crippen LogP contribution is -2.44. The minimum Gasteiger partial charge on any atom is -0.445 e. The molecule has 0 spiro atoms. The van der Waals surface area contributed by atoms with Gasteiger partial charge in [0.05, 0.1) is 18.0 Å². The number of rotatable bonds is 5. The molecule has 3 atom stereocenters. The second kappa shape index (κ2) is 8.38. The topological polar surface area (TPSA) is 62.1 Å². The third-order valence-corrected chi connectivity index (χ3v) is 4.39. The van der Waals surface area contributed by atoms with Crippen molar-refractivity contribution in [1.29, 1.82) is 5.26 Å². The lowest BCUT2D eigenvalue weighted by molar-refractivity contribution is 0.133. The molecular formula is C19H24N2O2. The molecule has 0 bridgehead atoms. The quantitative estimate of drug-likeness (QED) is 0.829. The van der Waals surface area contributed by atoms with Gasteiger partial charge in [-0.3, -0.25) is 0 Å². The largest absolute Gasteiger partial charge is 0.445 e. The molecule has 0 unspecified atom stereocenters. The van der Waals surface area contributed by atoms with Gasteiger partial charge in [0, 0.05) is 0 Å². The molecule has 1 aromatic carbocycles. The number of hydrogen-bond donors (Lipinski definition) is 1. The molecule has 122 valence electrons. The Balaban J connectivity index is 1.98. The first-order valence-electron chi connectivity index (χ1n) is 8.25. The maximum Gasteiger partial charge on any atom is 0.407 e. The number of ether oxygens (including phenoxy) is 1. The molecule has 0 heterocycles. The van der Waals surface area contributed by atoms with Crippen LogP contribution in [0, 0.1) is 23.2 Å². The zero-order chi connectivity index (χ0) is 16.7. The Hall–Kier alpha value is -2.28. The van der Waals surface area contributed by atoms with Crippen LogP contribution < -0.4 is 5.32 Å². The van der Waals surface area contributed by atoms with Gasteiger partial charge in [-0.05, 0) is 30.7 Å². The Labute approximate surface area is 138 Å². The molecule has 0 aliphatic heterocycles. The van der Waals surface area contributed by atoms with E-state index in [2.05, 4.69) is 31.3 Å². The first kappa shape index (κ1) is 17.1. The van der Waals surface area contributed by atoms with Gasteiger partial charge >= 0.3 is 6.09 Å². The first-order valence-corrected chi connectivity index (χ1v) is 8.25. The van der Waals surface area contributed by atoms with Crippen LogP contribution in [-0.4, -0.2) is 12.1 Å². The van der Waals surface area contributed by atoms with E-state index in [4.69, 9.17) is 4.74 Å². The Kier molecular flexibility index (Phi) is 6.22. The van der Waals surface area contributed by atoms with Gasteiger partial charge in [-0.2, -0.15) is 5.26 Å². The molecule has 0 saturated carbocycles. The monoisotopic (exact) mass is 312 g/mol. The molecule has 1 aliphatic carbocycles. The maximum absolute atomic E-state index is 12.1. The van der Waals surface area contributed by atoms with E-state index in [0.717, 1.165) is 30.4 Å². The Morgan fingerprint density at radius 3 is 2.70 bits per heavy atom. The van der Waals surface area contributed by atoms with Crippen LogP contribution in [0.2, 0.25) is 0 Å². The second-order valence-electron chi connectivity index (χ2n) is 5.92. The molecule has 1 amide bonds. The highest BCUT2D eigenvalue weighted by Crippen LogP contribution is 2.31. The summed E-state index contributed by atoms with van der Waals surface area (Å²) in [5.41, 5.74) is 2.08. The summed E-state index contributed by atoms with van der Waals surface area (Å²) in [7, 11) is 0. The van der Waals surface area contributed by atoms with Crippen LogP contribution in [0.5, 0.6) is 0 Å². The Morgan fingerprint density at radius 1 is 1.35 bits per heavy atom. The van der Waals surface area contributed by atoms with Crippen LogP contribution in [0.1, 0.15) is 38.7 Å². The fourth-order valence-corrected chi connectivity index (χ4v) is 3.03. The Morgan fingerprint density at radius 2 is 2.09 bits per heavy atom. The summed E-state index contributed by atoms with van der Waals surface area (Å²) in [6.07, 6.45) is 4.40. The van der Waals surface area contributed by atoms with Gasteiger partial charge in [0.15, 0.2) is 0 Å². The fraction of sp³-hybridized carbons (Fsp3) is 0.474. The second-order valence-corrected chi connectivity index (χ2v) is 5.92. The molecule has 1 aromatic rings. The van der Waals surface area contributed by atoms with Crippen LogP contribution in [0.4, 0.5) is 4.79 Å². The predicted octanol–water partition coefficient (Wildman–Crippen LogP) is 4.19. The smallest absolute Gasteiger partial charge is 0.407 e. The Bertz CT molecular complexity index is 589. The summed E-state index contributed by atoms with van der Waals surface area (Å²) in [6, 6.07) is 11.7. The summed E-state index contributed by atoms with van der Waals surface area (Å²) in [5, 5.41) is 12.3. The lowest BCUT2D eigenvalue weighted by Gasteiger charge is -2.32. The van der Waals surface area contributed by atoms with Crippen molar-refractivity contribution in [3.05, 3.63) is 47.5 Å². The number of carbonyl (C=O) groups excluding carboxylic acids is 1. The van der Waals surface area contributed by atoms with E-state index in [1.165, 1.54) is 0 Å². The van der Waals surface area contributed by atoms with Crippen LogP contribution in [-0.2, 0) is 11.3 Å². The third kappa shape index (κ3) is 4.59. The van der Waals surface area contributed by atoms with Crippen LogP contribution in [0.25, 0.3) is 0 Å². The average molecular weight is 312 g/mol. The number of nitrogens with zero attached hydrogens (tertiary/aromatic N) is 1. The highest BCUT2D eigenvalue weighted by atomic mass is 16.5. The van der Waals surface area contributed by atoms with E-state index < -0.39 is 6.09 Å². The number of carbonyl (C=O) groups is 1.